The lowest BCUT2D eigenvalue weighted by Gasteiger charge is -2.12. The van der Waals surface area contributed by atoms with Crippen LogP contribution in [0.3, 0.4) is 0 Å². The Balaban J connectivity index is 2.41. The van der Waals surface area contributed by atoms with Crippen LogP contribution in [0.15, 0.2) is 35.1 Å². The van der Waals surface area contributed by atoms with E-state index in [0.717, 1.165) is 17.2 Å². The summed E-state index contributed by atoms with van der Waals surface area (Å²) in [6, 6.07) is 8.47. The van der Waals surface area contributed by atoms with Crippen molar-refractivity contribution < 1.29 is 19.1 Å². The van der Waals surface area contributed by atoms with Crippen molar-refractivity contribution in [3.63, 3.8) is 0 Å². The highest BCUT2D eigenvalue weighted by molar-refractivity contribution is 6.07. The summed E-state index contributed by atoms with van der Waals surface area (Å²) in [6.07, 6.45) is 0. The fraction of sp³-hybridized carbons (Fsp3) is 0.188. The number of ether oxygens (including phenoxy) is 2. The molecule has 6 nitrogen and oxygen atoms in total. The second-order valence-electron chi connectivity index (χ2n) is 4.85. The number of benzene rings is 1. The number of methoxy groups -OCH3 is 2. The van der Waals surface area contributed by atoms with Gasteiger partial charge in [-0.15, -0.1) is 0 Å². The summed E-state index contributed by atoms with van der Waals surface area (Å²) >= 11 is 0. The Morgan fingerprint density at radius 2 is 1.77 bits per heavy atom. The highest BCUT2D eigenvalue weighted by Crippen LogP contribution is 2.34. The van der Waals surface area contributed by atoms with Gasteiger partial charge >= 0.3 is 11.9 Å². The van der Waals surface area contributed by atoms with Gasteiger partial charge in [-0.05, 0) is 5.56 Å². The van der Waals surface area contributed by atoms with Gasteiger partial charge in [0.15, 0.2) is 0 Å². The molecule has 0 saturated carbocycles. The van der Waals surface area contributed by atoms with Gasteiger partial charge < -0.3 is 14.0 Å². The first-order valence-corrected chi connectivity index (χ1v) is 6.61. The van der Waals surface area contributed by atoms with E-state index < -0.39 is 11.9 Å². The molecule has 6 heteroatoms. The zero-order valence-electron chi connectivity index (χ0n) is 12.1. The monoisotopic (exact) mass is 299 g/mol. The summed E-state index contributed by atoms with van der Waals surface area (Å²) in [4.78, 5) is 36.4. The zero-order chi connectivity index (χ0) is 15.9. The number of pyridine rings is 1. The van der Waals surface area contributed by atoms with Crippen LogP contribution in [0.25, 0.3) is 11.3 Å². The Labute approximate surface area is 125 Å². The van der Waals surface area contributed by atoms with Crippen LogP contribution in [0, 0.1) is 0 Å². The van der Waals surface area contributed by atoms with Crippen LogP contribution in [0.1, 0.15) is 26.3 Å². The Bertz CT molecular complexity index is 850. The maximum Gasteiger partial charge on any atom is 0.340 e. The van der Waals surface area contributed by atoms with Gasteiger partial charge in [0.1, 0.15) is 0 Å². The molecule has 0 N–H and O–H groups in total. The fourth-order valence-electron chi connectivity index (χ4n) is 2.72. The van der Waals surface area contributed by atoms with Gasteiger partial charge in [0, 0.05) is 11.6 Å². The van der Waals surface area contributed by atoms with Crippen LogP contribution in [0.2, 0.25) is 0 Å². The molecular formula is C16H13NO5. The van der Waals surface area contributed by atoms with Gasteiger partial charge in [-0.25, -0.2) is 9.59 Å². The van der Waals surface area contributed by atoms with Gasteiger partial charge in [-0.3, -0.25) is 4.79 Å². The summed E-state index contributed by atoms with van der Waals surface area (Å²) < 4.78 is 10.9. The Hall–Kier alpha value is -2.89. The van der Waals surface area contributed by atoms with Crippen molar-refractivity contribution in [2.24, 2.45) is 0 Å². The van der Waals surface area contributed by atoms with Crippen molar-refractivity contribution in [2.75, 3.05) is 14.2 Å². The molecule has 1 aromatic heterocycles. The van der Waals surface area contributed by atoms with Crippen molar-refractivity contribution in [1.29, 1.82) is 0 Å². The largest absolute Gasteiger partial charge is 0.465 e. The lowest BCUT2D eigenvalue weighted by molar-refractivity contribution is 0.0555. The van der Waals surface area contributed by atoms with Gasteiger partial charge in [0.05, 0.1) is 37.6 Å². The topological polar surface area (TPSA) is 74.6 Å². The maximum absolute atomic E-state index is 12.3. The van der Waals surface area contributed by atoms with Crippen molar-refractivity contribution in [1.82, 2.24) is 4.57 Å². The predicted molar refractivity (Wildman–Crippen MR) is 77.9 cm³/mol. The van der Waals surface area contributed by atoms with Crippen LogP contribution < -0.4 is 5.56 Å². The number of hydrogen-bond donors (Lipinski definition) is 0. The molecule has 0 unspecified atom stereocenters. The molecule has 0 saturated heterocycles. The lowest BCUT2D eigenvalue weighted by atomic mass is 10.00. The first-order chi connectivity index (χ1) is 10.6. The third-order valence-corrected chi connectivity index (χ3v) is 3.71. The molecule has 0 atom stereocenters. The number of carbonyl (C=O) groups excluding carboxylic acids is 2. The minimum atomic E-state index is -0.745. The van der Waals surface area contributed by atoms with Crippen molar-refractivity contribution in [3.05, 3.63) is 57.4 Å². The average Bonchev–Trinajstić information content (AvgIpc) is 2.93. The Morgan fingerprint density at radius 1 is 1.09 bits per heavy atom. The smallest absolute Gasteiger partial charge is 0.340 e. The average molecular weight is 299 g/mol. The highest BCUT2D eigenvalue weighted by Gasteiger charge is 2.31. The second-order valence-corrected chi connectivity index (χ2v) is 4.85. The van der Waals surface area contributed by atoms with Gasteiger partial charge in [-0.1, -0.05) is 24.3 Å². The minimum Gasteiger partial charge on any atom is -0.465 e. The van der Waals surface area contributed by atoms with E-state index in [0.29, 0.717) is 12.2 Å². The molecule has 112 valence electrons. The third kappa shape index (κ3) is 1.92. The number of aromatic nitrogens is 1. The maximum atomic E-state index is 12.3. The fourth-order valence-corrected chi connectivity index (χ4v) is 2.72. The van der Waals surface area contributed by atoms with E-state index in [1.54, 1.807) is 6.07 Å². The van der Waals surface area contributed by atoms with Crippen molar-refractivity contribution >= 4 is 11.9 Å². The van der Waals surface area contributed by atoms with E-state index in [-0.39, 0.29) is 16.7 Å². The molecule has 0 fully saturated rings. The normalized spacial score (nSPS) is 11.5. The number of carbonyl (C=O) groups is 2. The predicted octanol–water partition coefficient (Wildman–Crippen LogP) is 1.45. The molecule has 1 aromatic carbocycles. The molecule has 0 spiro atoms. The van der Waals surface area contributed by atoms with E-state index in [4.69, 9.17) is 4.74 Å². The molecule has 22 heavy (non-hydrogen) atoms. The molecule has 0 radical (unpaired) electrons. The van der Waals surface area contributed by atoms with Crippen LogP contribution in [-0.2, 0) is 16.0 Å². The van der Waals surface area contributed by atoms with Crippen LogP contribution in [0.5, 0.6) is 0 Å². The first-order valence-electron chi connectivity index (χ1n) is 6.61. The van der Waals surface area contributed by atoms with E-state index in [1.165, 1.54) is 18.8 Å². The molecule has 0 bridgehead atoms. The molecule has 2 heterocycles. The molecule has 1 aliphatic heterocycles. The molecule has 0 aliphatic carbocycles. The van der Waals surface area contributed by atoms with Crippen molar-refractivity contribution in [3.8, 4) is 11.3 Å². The third-order valence-electron chi connectivity index (χ3n) is 3.71. The Morgan fingerprint density at radius 3 is 2.45 bits per heavy atom. The molecule has 3 rings (SSSR count). The molecule has 2 aromatic rings. The standard InChI is InChI=1S/C16H13NO5/c1-21-15(19)11-7-12(18)17-8-9-5-3-4-6-10(9)14(17)13(11)16(20)22-2/h3-7H,8H2,1-2H3. The minimum absolute atomic E-state index is 0.0545. The summed E-state index contributed by atoms with van der Waals surface area (Å²) in [5.74, 6) is -1.42. The molecule has 1 aliphatic rings. The summed E-state index contributed by atoms with van der Waals surface area (Å²) in [6.45, 7) is 0.357. The second kappa shape index (κ2) is 5.14. The quantitative estimate of drug-likeness (QED) is 0.670. The van der Waals surface area contributed by atoms with E-state index in [9.17, 15) is 14.4 Å². The number of rotatable bonds is 2. The SMILES string of the molecule is COC(=O)c1cc(=O)n2c(c1C(=O)OC)-c1ccccc1C2. The summed E-state index contributed by atoms with van der Waals surface area (Å²) in [7, 11) is 2.43. The highest BCUT2D eigenvalue weighted by atomic mass is 16.5. The molecule has 0 amide bonds. The van der Waals surface area contributed by atoms with Crippen molar-refractivity contribution in [2.45, 2.75) is 6.54 Å². The van der Waals surface area contributed by atoms with E-state index in [2.05, 4.69) is 4.74 Å². The van der Waals surface area contributed by atoms with Gasteiger partial charge in [0.2, 0.25) is 0 Å². The summed E-state index contributed by atoms with van der Waals surface area (Å²) in [5, 5.41) is 0. The van der Waals surface area contributed by atoms with E-state index >= 15 is 0 Å². The number of fused-ring (bicyclic) bond motifs is 3. The molecular weight excluding hydrogens is 286 g/mol. The number of esters is 2. The van der Waals surface area contributed by atoms with Crippen LogP contribution in [0.4, 0.5) is 0 Å². The van der Waals surface area contributed by atoms with Gasteiger partial charge in [-0.2, -0.15) is 0 Å². The number of nitrogens with zero attached hydrogens (tertiary/aromatic N) is 1. The van der Waals surface area contributed by atoms with Crippen LogP contribution in [-0.4, -0.2) is 30.7 Å². The Kier molecular flexibility index (Phi) is 3.29. The summed E-state index contributed by atoms with van der Waals surface area (Å²) in [5.41, 5.74) is 1.66. The van der Waals surface area contributed by atoms with Gasteiger partial charge in [0.25, 0.3) is 5.56 Å². The van der Waals surface area contributed by atoms with E-state index in [1.807, 2.05) is 18.2 Å². The first kappa shape index (κ1) is 14.1. The van der Waals surface area contributed by atoms with Crippen LogP contribution >= 0.6 is 0 Å². The number of hydrogen-bond acceptors (Lipinski definition) is 5. The zero-order valence-corrected chi connectivity index (χ0v) is 12.1. The lowest BCUT2D eigenvalue weighted by Crippen LogP contribution is -2.25.